The van der Waals surface area contributed by atoms with E-state index >= 15 is 0 Å². The zero-order valence-corrected chi connectivity index (χ0v) is 14.5. The number of esters is 1. The molecule has 0 fully saturated rings. The molecule has 2 aromatic carbocycles. The molecule has 5 nitrogen and oxygen atoms in total. The lowest BCUT2D eigenvalue weighted by Crippen LogP contribution is -2.62. The molecule has 0 saturated heterocycles. The van der Waals surface area contributed by atoms with E-state index in [0.717, 1.165) is 12.7 Å². The second-order valence-electron chi connectivity index (χ2n) is 6.43. The van der Waals surface area contributed by atoms with E-state index in [-0.39, 0.29) is 6.54 Å². The molecule has 144 valence electrons. The Balaban J connectivity index is 2.11. The van der Waals surface area contributed by atoms with Crippen LogP contribution in [0.25, 0.3) is 0 Å². The molecule has 0 radical (unpaired) electrons. The van der Waals surface area contributed by atoms with Gasteiger partial charge in [-0.1, -0.05) is 48.5 Å². The van der Waals surface area contributed by atoms with Crippen LogP contribution in [-0.4, -0.2) is 30.0 Å². The number of fused-ring (bicyclic) bond motifs is 1. The summed E-state index contributed by atoms with van der Waals surface area (Å²) in [6.45, 7) is 0.257. The van der Waals surface area contributed by atoms with Crippen LogP contribution in [0.2, 0.25) is 0 Å². The number of alkyl halides is 3. The van der Waals surface area contributed by atoms with Gasteiger partial charge in [0.2, 0.25) is 0 Å². The maximum absolute atomic E-state index is 13.7. The van der Waals surface area contributed by atoms with E-state index in [1.54, 1.807) is 42.5 Å². The number of methoxy groups -OCH3 is 1. The summed E-state index contributed by atoms with van der Waals surface area (Å²) in [6.07, 6.45) is -6.23. The average Bonchev–Trinajstić information content (AvgIpc) is 2.67. The molecule has 0 aromatic heterocycles. The van der Waals surface area contributed by atoms with Crippen molar-refractivity contribution >= 4 is 11.7 Å². The minimum absolute atomic E-state index is 0.257. The summed E-state index contributed by atoms with van der Waals surface area (Å²) in [5.41, 5.74) is -3.30. The number of anilines is 1. The zero-order chi connectivity index (χ0) is 19.7. The van der Waals surface area contributed by atoms with Crippen molar-refractivity contribution in [2.75, 3.05) is 12.4 Å². The third-order valence-electron chi connectivity index (χ3n) is 4.73. The van der Waals surface area contributed by atoms with Crippen LogP contribution in [-0.2, 0) is 21.7 Å². The third kappa shape index (κ3) is 3.38. The molecular weight excluding hydrogens is 361 g/mol. The van der Waals surface area contributed by atoms with E-state index in [0.29, 0.717) is 11.3 Å². The largest absolute Gasteiger partial charge is 0.467 e. The van der Waals surface area contributed by atoms with Gasteiger partial charge in [0.05, 0.1) is 7.11 Å². The first-order valence-electron chi connectivity index (χ1n) is 8.26. The Hall–Kier alpha value is -2.58. The number of hydrogen-bond acceptors (Lipinski definition) is 5. The standard InChI is InChI=1S/C19H19F3N2O3/c1-27-16(25)17(26,19(20,21)22)12-18(14-8-3-2-4-9-14)23-11-13-7-5-6-10-15(13)24-18/h2-10,23-24,26H,11-12H2,1H3. The topological polar surface area (TPSA) is 70.6 Å². The highest BCUT2D eigenvalue weighted by Gasteiger charge is 2.64. The predicted octanol–water partition coefficient (Wildman–Crippen LogP) is 2.91. The van der Waals surface area contributed by atoms with Crippen molar-refractivity contribution in [1.82, 2.24) is 5.32 Å². The quantitative estimate of drug-likeness (QED) is 0.712. The SMILES string of the molecule is COC(=O)C(O)(CC1(c2ccccc2)NCc2ccccc2N1)C(F)(F)F. The molecule has 2 unspecified atom stereocenters. The summed E-state index contributed by atoms with van der Waals surface area (Å²) in [4.78, 5) is 11.9. The lowest BCUT2D eigenvalue weighted by molar-refractivity contribution is -0.267. The number of halogens is 3. The molecule has 0 aliphatic carbocycles. The van der Waals surface area contributed by atoms with Gasteiger partial charge in [0.15, 0.2) is 0 Å². The van der Waals surface area contributed by atoms with Crippen LogP contribution in [0, 0.1) is 0 Å². The van der Waals surface area contributed by atoms with Crippen LogP contribution >= 0.6 is 0 Å². The van der Waals surface area contributed by atoms with Gasteiger partial charge >= 0.3 is 12.1 Å². The second kappa shape index (κ2) is 6.86. The van der Waals surface area contributed by atoms with Crippen LogP contribution in [0.3, 0.4) is 0 Å². The number of ether oxygens (including phenoxy) is 1. The molecule has 0 spiro atoms. The highest BCUT2D eigenvalue weighted by Crippen LogP contribution is 2.43. The monoisotopic (exact) mass is 380 g/mol. The Morgan fingerprint density at radius 3 is 2.41 bits per heavy atom. The van der Waals surface area contributed by atoms with Crippen molar-refractivity contribution in [3.05, 3.63) is 65.7 Å². The number of carbonyl (C=O) groups excluding carboxylic acids is 1. The molecule has 1 aliphatic rings. The lowest BCUT2D eigenvalue weighted by atomic mass is 9.83. The predicted molar refractivity (Wildman–Crippen MR) is 92.7 cm³/mol. The summed E-state index contributed by atoms with van der Waals surface area (Å²) >= 11 is 0. The molecule has 1 aliphatic heterocycles. The van der Waals surface area contributed by atoms with Gasteiger partial charge in [0.25, 0.3) is 5.60 Å². The van der Waals surface area contributed by atoms with E-state index in [4.69, 9.17) is 0 Å². The van der Waals surface area contributed by atoms with E-state index in [1.807, 2.05) is 12.1 Å². The maximum atomic E-state index is 13.7. The molecule has 3 rings (SSSR count). The molecule has 0 amide bonds. The van der Waals surface area contributed by atoms with Crippen LogP contribution in [0.15, 0.2) is 54.6 Å². The first-order chi connectivity index (χ1) is 12.7. The van der Waals surface area contributed by atoms with Crippen molar-refractivity contribution in [2.24, 2.45) is 0 Å². The molecule has 0 bridgehead atoms. The molecule has 8 heteroatoms. The van der Waals surface area contributed by atoms with Crippen LogP contribution < -0.4 is 10.6 Å². The average molecular weight is 380 g/mol. The normalized spacial score (nSPS) is 21.5. The van der Waals surface area contributed by atoms with E-state index in [9.17, 15) is 23.1 Å². The van der Waals surface area contributed by atoms with E-state index in [2.05, 4.69) is 15.4 Å². The van der Waals surface area contributed by atoms with Gasteiger partial charge in [0.1, 0.15) is 5.66 Å². The fraction of sp³-hybridized carbons (Fsp3) is 0.316. The molecule has 1 heterocycles. The van der Waals surface area contributed by atoms with Gasteiger partial charge in [0, 0.05) is 18.7 Å². The Morgan fingerprint density at radius 2 is 1.78 bits per heavy atom. The zero-order valence-electron chi connectivity index (χ0n) is 14.5. The van der Waals surface area contributed by atoms with E-state index in [1.165, 1.54) is 0 Å². The summed E-state index contributed by atoms with van der Waals surface area (Å²) in [7, 11) is 0.811. The van der Waals surface area contributed by atoms with Gasteiger partial charge in [-0.05, 0) is 17.2 Å². The third-order valence-corrected chi connectivity index (χ3v) is 4.73. The van der Waals surface area contributed by atoms with Gasteiger partial charge in [-0.2, -0.15) is 13.2 Å². The Bertz CT molecular complexity index is 828. The Labute approximate surface area is 154 Å². The Kier molecular flexibility index (Phi) is 4.88. The lowest BCUT2D eigenvalue weighted by Gasteiger charge is -2.45. The number of para-hydroxylation sites is 1. The highest BCUT2D eigenvalue weighted by molar-refractivity contribution is 5.80. The fourth-order valence-electron chi connectivity index (χ4n) is 3.26. The summed E-state index contributed by atoms with van der Waals surface area (Å²) < 4.78 is 45.3. The van der Waals surface area contributed by atoms with Crippen molar-refractivity contribution in [1.29, 1.82) is 0 Å². The minimum Gasteiger partial charge on any atom is -0.467 e. The number of benzene rings is 2. The number of carbonyl (C=O) groups is 1. The summed E-state index contributed by atoms with van der Waals surface area (Å²) in [5, 5.41) is 16.5. The first kappa shape index (κ1) is 19.2. The van der Waals surface area contributed by atoms with Crippen molar-refractivity contribution in [3.8, 4) is 0 Å². The molecular formula is C19H19F3N2O3. The van der Waals surface area contributed by atoms with Crippen LogP contribution in [0.1, 0.15) is 17.5 Å². The van der Waals surface area contributed by atoms with Gasteiger partial charge in [-0.25, -0.2) is 4.79 Å². The number of hydrogen-bond donors (Lipinski definition) is 3. The molecule has 27 heavy (non-hydrogen) atoms. The smallest absolute Gasteiger partial charge is 0.428 e. The molecule has 2 aromatic rings. The van der Waals surface area contributed by atoms with E-state index < -0.39 is 29.8 Å². The van der Waals surface area contributed by atoms with Crippen molar-refractivity contribution < 1.29 is 27.8 Å². The number of nitrogens with one attached hydrogen (secondary N) is 2. The maximum Gasteiger partial charge on any atom is 0.428 e. The van der Waals surface area contributed by atoms with Gasteiger partial charge in [-0.15, -0.1) is 0 Å². The van der Waals surface area contributed by atoms with Crippen molar-refractivity contribution in [3.63, 3.8) is 0 Å². The summed E-state index contributed by atoms with van der Waals surface area (Å²) in [5.74, 6) is -1.76. The minimum atomic E-state index is -5.22. The van der Waals surface area contributed by atoms with Crippen molar-refractivity contribution in [2.45, 2.75) is 30.4 Å². The molecule has 0 saturated carbocycles. The van der Waals surface area contributed by atoms with Gasteiger partial charge < -0.3 is 15.2 Å². The molecule has 3 N–H and O–H groups in total. The Morgan fingerprint density at radius 1 is 1.15 bits per heavy atom. The number of rotatable bonds is 4. The van der Waals surface area contributed by atoms with Crippen LogP contribution in [0.5, 0.6) is 0 Å². The van der Waals surface area contributed by atoms with Crippen LogP contribution in [0.4, 0.5) is 18.9 Å². The highest BCUT2D eigenvalue weighted by atomic mass is 19.4. The first-order valence-corrected chi connectivity index (χ1v) is 8.26. The fourth-order valence-corrected chi connectivity index (χ4v) is 3.26. The number of aliphatic hydroxyl groups is 1. The second-order valence-corrected chi connectivity index (χ2v) is 6.43. The summed E-state index contributed by atoms with van der Waals surface area (Å²) in [6, 6.07) is 15.5. The van der Waals surface area contributed by atoms with Gasteiger partial charge in [-0.3, -0.25) is 5.32 Å². The molecule has 2 atom stereocenters.